The zero-order valence-electron chi connectivity index (χ0n) is 16.1. The standard InChI is InChI=1S/C17H18N2O2.C4H4O4/c1-18-8-10-7-15-13(6-11(17(20)21)9-19(15)2)12-4-3-5-14(18)16(10)12;5-3(6)1-2-4(7)8/h3-6,8,11,15H,7,9H2,1-2H3,(H,20,21);1-2H,(H,5,6)(H,7,8)/b;2-1-/t11-,15-;/m1./s1. The minimum atomic E-state index is -1.26. The minimum Gasteiger partial charge on any atom is -0.481 e. The van der Waals surface area contributed by atoms with Gasteiger partial charge < -0.3 is 19.9 Å². The summed E-state index contributed by atoms with van der Waals surface area (Å²) in [6.45, 7) is 0.585. The molecule has 0 fully saturated rings. The highest BCUT2D eigenvalue weighted by Crippen LogP contribution is 2.41. The normalized spacial score (nSPS) is 20.6. The summed E-state index contributed by atoms with van der Waals surface area (Å²) in [5.74, 6) is -3.67. The first kappa shape index (κ1) is 20.3. The van der Waals surface area contributed by atoms with Crippen molar-refractivity contribution in [2.24, 2.45) is 13.0 Å². The summed E-state index contributed by atoms with van der Waals surface area (Å²) in [4.78, 5) is 32.7. The fourth-order valence-electron chi connectivity index (χ4n) is 4.03. The van der Waals surface area contributed by atoms with E-state index in [1.165, 1.54) is 27.6 Å². The van der Waals surface area contributed by atoms with Gasteiger partial charge in [0.25, 0.3) is 0 Å². The van der Waals surface area contributed by atoms with Crippen LogP contribution < -0.4 is 0 Å². The van der Waals surface area contributed by atoms with Crippen molar-refractivity contribution < 1.29 is 29.7 Å². The average molecular weight is 398 g/mol. The minimum absolute atomic E-state index is 0.293. The topological polar surface area (TPSA) is 120 Å². The van der Waals surface area contributed by atoms with Gasteiger partial charge in [-0.2, -0.15) is 0 Å². The molecule has 2 atom stereocenters. The van der Waals surface area contributed by atoms with E-state index < -0.39 is 23.8 Å². The Hall–Kier alpha value is -3.39. The molecule has 0 saturated carbocycles. The summed E-state index contributed by atoms with van der Waals surface area (Å²) in [6.07, 6.45) is 6.26. The van der Waals surface area contributed by atoms with Crippen LogP contribution in [-0.4, -0.2) is 62.3 Å². The predicted molar refractivity (Wildman–Crippen MR) is 107 cm³/mol. The van der Waals surface area contributed by atoms with Crippen molar-refractivity contribution in [2.75, 3.05) is 13.6 Å². The zero-order valence-corrected chi connectivity index (χ0v) is 16.1. The van der Waals surface area contributed by atoms with Gasteiger partial charge in [0.15, 0.2) is 0 Å². The second kappa shape index (κ2) is 7.92. The molecule has 8 nitrogen and oxygen atoms in total. The van der Waals surface area contributed by atoms with Gasteiger partial charge in [-0.3, -0.25) is 9.69 Å². The van der Waals surface area contributed by atoms with Crippen molar-refractivity contribution in [3.63, 3.8) is 0 Å². The van der Waals surface area contributed by atoms with Crippen molar-refractivity contribution in [3.8, 4) is 0 Å². The second-order valence-electron chi connectivity index (χ2n) is 7.20. The van der Waals surface area contributed by atoms with Crippen LogP contribution in [-0.2, 0) is 27.9 Å². The van der Waals surface area contributed by atoms with Gasteiger partial charge in [0.1, 0.15) is 0 Å². The van der Waals surface area contributed by atoms with Crippen LogP contribution in [0.5, 0.6) is 0 Å². The van der Waals surface area contributed by atoms with E-state index in [9.17, 15) is 19.5 Å². The molecular formula is C21H22N2O6. The first-order valence-electron chi connectivity index (χ1n) is 9.05. The Morgan fingerprint density at radius 3 is 2.31 bits per heavy atom. The number of rotatable bonds is 3. The predicted octanol–water partition coefficient (Wildman–Crippen LogP) is 1.84. The Balaban J connectivity index is 0.000000258. The number of carboxylic acid groups (broad SMARTS) is 3. The van der Waals surface area contributed by atoms with Gasteiger partial charge in [-0.15, -0.1) is 0 Å². The molecule has 152 valence electrons. The first-order chi connectivity index (χ1) is 13.7. The highest BCUT2D eigenvalue weighted by atomic mass is 16.4. The maximum absolute atomic E-state index is 11.4. The van der Waals surface area contributed by atoms with Crippen LogP contribution in [0, 0.1) is 5.92 Å². The van der Waals surface area contributed by atoms with Crippen LogP contribution in [0.1, 0.15) is 11.1 Å². The van der Waals surface area contributed by atoms with E-state index in [1.807, 2.05) is 13.1 Å². The monoisotopic (exact) mass is 398 g/mol. The van der Waals surface area contributed by atoms with Gasteiger partial charge in [0.2, 0.25) is 0 Å². The molecule has 1 aromatic carbocycles. The molecule has 3 N–H and O–H groups in total. The van der Waals surface area contributed by atoms with Crippen molar-refractivity contribution in [3.05, 3.63) is 53.8 Å². The van der Waals surface area contributed by atoms with Crippen molar-refractivity contribution in [1.29, 1.82) is 0 Å². The van der Waals surface area contributed by atoms with Crippen LogP contribution in [0.15, 0.2) is 42.6 Å². The summed E-state index contributed by atoms with van der Waals surface area (Å²) >= 11 is 0. The van der Waals surface area contributed by atoms with Crippen LogP contribution in [0.2, 0.25) is 0 Å². The Kier molecular flexibility index (Phi) is 5.56. The Labute approximate surface area is 167 Å². The van der Waals surface area contributed by atoms with E-state index in [0.29, 0.717) is 24.7 Å². The van der Waals surface area contributed by atoms with Gasteiger partial charge in [-0.25, -0.2) is 9.59 Å². The Morgan fingerprint density at radius 1 is 1.07 bits per heavy atom. The van der Waals surface area contributed by atoms with E-state index >= 15 is 0 Å². The number of fused-ring (bicyclic) bond motifs is 2. The molecule has 1 aliphatic carbocycles. The average Bonchev–Trinajstić information content (AvgIpc) is 2.98. The number of carboxylic acids is 3. The first-order valence-corrected chi connectivity index (χ1v) is 9.05. The molecule has 0 unspecified atom stereocenters. The fraction of sp³-hybridized carbons (Fsp3) is 0.286. The third-order valence-corrected chi connectivity index (χ3v) is 5.26. The summed E-state index contributed by atoms with van der Waals surface area (Å²) < 4.78 is 2.17. The Morgan fingerprint density at radius 2 is 1.72 bits per heavy atom. The van der Waals surface area contributed by atoms with E-state index in [4.69, 9.17) is 10.2 Å². The highest BCUT2D eigenvalue weighted by molar-refractivity contribution is 5.99. The van der Waals surface area contributed by atoms with E-state index in [0.717, 1.165) is 6.42 Å². The highest BCUT2D eigenvalue weighted by Gasteiger charge is 2.35. The lowest BCUT2D eigenvalue weighted by atomic mass is 9.80. The van der Waals surface area contributed by atoms with E-state index in [1.54, 1.807) is 0 Å². The SMILES string of the molecule is CN1C[C@H](C(=O)O)C=C2c3cccc4c3c(cn4C)C[C@H]21.O=C(O)/C=C\C(=O)O. The van der Waals surface area contributed by atoms with Gasteiger partial charge in [-0.05, 0) is 36.2 Å². The zero-order chi connectivity index (χ0) is 21.3. The number of carbonyl (C=O) groups is 3. The second-order valence-corrected chi connectivity index (χ2v) is 7.20. The van der Waals surface area contributed by atoms with Crippen LogP contribution >= 0.6 is 0 Å². The van der Waals surface area contributed by atoms with E-state index in [-0.39, 0.29) is 0 Å². The number of aliphatic carboxylic acids is 3. The number of aromatic nitrogens is 1. The molecule has 2 aliphatic rings. The molecule has 0 radical (unpaired) electrons. The lowest BCUT2D eigenvalue weighted by Crippen LogP contribution is -2.44. The molecular weight excluding hydrogens is 376 g/mol. The summed E-state index contributed by atoms with van der Waals surface area (Å²) in [5, 5.41) is 26.3. The number of benzene rings is 1. The summed E-state index contributed by atoms with van der Waals surface area (Å²) in [5.41, 5.74) is 4.98. The molecule has 0 saturated heterocycles. The molecule has 29 heavy (non-hydrogen) atoms. The molecule has 8 heteroatoms. The van der Waals surface area contributed by atoms with Gasteiger partial charge in [0.05, 0.1) is 5.92 Å². The number of nitrogens with zero attached hydrogens (tertiary/aromatic N) is 2. The van der Waals surface area contributed by atoms with E-state index in [2.05, 4.69) is 40.9 Å². The molecule has 2 aromatic rings. The van der Waals surface area contributed by atoms with Crippen LogP contribution in [0.4, 0.5) is 0 Å². The molecule has 0 spiro atoms. The number of hydrogen-bond acceptors (Lipinski definition) is 4. The molecule has 4 rings (SSSR count). The summed E-state index contributed by atoms with van der Waals surface area (Å²) in [6, 6.07) is 6.61. The maximum Gasteiger partial charge on any atom is 0.328 e. The quantitative estimate of drug-likeness (QED) is 0.675. The van der Waals surface area contributed by atoms with Crippen molar-refractivity contribution in [1.82, 2.24) is 9.47 Å². The van der Waals surface area contributed by atoms with Crippen molar-refractivity contribution in [2.45, 2.75) is 12.5 Å². The largest absolute Gasteiger partial charge is 0.481 e. The van der Waals surface area contributed by atoms with Crippen LogP contribution in [0.25, 0.3) is 16.5 Å². The number of likely N-dealkylation sites (N-methyl/N-ethyl adjacent to an activating group) is 1. The maximum atomic E-state index is 11.4. The molecule has 1 aromatic heterocycles. The molecule has 2 heterocycles. The number of aryl methyl sites for hydroxylation is 1. The van der Waals surface area contributed by atoms with Gasteiger partial charge in [-0.1, -0.05) is 18.2 Å². The van der Waals surface area contributed by atoms with Crippen molar-refractivity contribution >= 4 is 34.4 Å². The Bertz CT molecular complexity index is 1030. The lowest BCUT2D eigenvalue weighted by molar-refractivity contribution is -0.141. The molecule has 0 bridgehead atoms. The smallest absolute Gasteiger partial charge is 0.328 e. The van der Waals surface area contributed by atoms with Crippen LogP contribution in [0.3, 0.4) is 0 Å². The lowest BCUT2D eigenvalue weighted by Gasteiger charge is -2.38. The summed E-state index contributed by atoms with van der Waals surface area (Å²) in [7, 11) is 4.10. The van der Waals surface area contributed by atoms with Gasteiger partial charge >= 0.3 is 17.9 Å². The third kappa shape index (κ3) is 4.07. The number of hydrogen-bond donors (Lipinski definition) is 3. The fourth-order valence-corrected chi connectivity index (χ4v) is 4.03. The molecule has 0 amide bonds. The molecule has 1 aliphatic heterocycles. The van der Waals surface area contributed by atoms with Gasteiger partial charge in [0, 0.05) is 48.9 Å². The third-order valence-electron chi connectivity index (χ3n) is 5.26.